The zero-order chi connectivity index (χ0) is 20.2. The number of carbonyl (C=O) groups excluding carboxylic acids is 1. The zero-order valence-electron chi connectivity index (χ0n) is 16.3. The van der Waals surface area contributed by atoms with Gasteiger partial charge in [0.15, 0.2) is 0 Å². The fourth-order valence-electron chi connectivity index (χ4n) is 3.52. The molecule has 1 aliphatic heterocycles. The van der Waals surface area contributed by atoms with Crippen LogP contribution in [0.5, 0.6) is 0 Å². The minimum Gasteiger partial charge on any atom is -0.368 e. The van der Waals surface area contributed by atoms with Crippen LogP contribution in [0.1, 0.15) is 15.9 Å². The van der Waals surface area contributed by atoms with Gasteiger partial charge in [-0.15, -0.1) is 0 Å². The maximum Gasteiger partial charge on any atom is 0.255 e. The first-order chi connectivity index (χ1) is 14.1. The van der Waals surface area contributed by atoms with Crippen molar-refractivity contribution in [2.24, 2.45) is 0 Å². The van der Waals surface area contributed by atoms with Gasteiger partial charge in [0, 0.05) is 38.1 Å². The van der Waals surface area contributed by atoms with E-state index < -0.39 is 0 Å². The Hall–Kier alpha value is -3.41. The number of nitrogens with zero attached hydrogens (tertiary/aromatic N) is 3. The fourth-order valence-corrected chi connectivity index (χ4v) is 3.52. The second-order valence-electron chi connectivity index (χ2n) is 7.19. The molecule has 1 saturated heterocycles. The van der Waals surface area contributed by atoms with Gasteiger partial charge in [-0.25, -0.2) is 4.39 Å². The number of para-hydroxylation sites is 1. The summed E-state index contributed by atoms with van der Waals surface area (Å²) in [6.07, 6.45) is 3.14. The van der Waals surface area contributed by atoms with Crippen molar-refractivity contribution in [3.8, 4) is 0 Å². The Balaban J connectivity index is 1.42. The number of anilines is 3. The molecule has 0 spiro atoms. The quantitative estimate of drug-likeness (QED) is 0.724. The Morgan fingerprint density at radius 3 is 2.55 bits per heavy atom. The number of piperazine rings is 1. The average molecular weight is 390 g/mol. The predicted molar refractivity (Wildman–Crippen MR) is 113 cm³/mol. The highest BCUT2D eigenvalue weighted by atomic mass is 19.1. The Bertz CT molecular complexity index is 1020. The number of aryl methyl sites for hydroxylation is 1. The van der Waals surface area contributed by atoms with Crippen LogP contribution < -0.4 is 10.2 Å². The maximum absolute atomic E-state index is 13.9. The SMILES string of the molecule is Cc1cccc(N2CCN(C(=O)c3cncc(Nc4ccccc4F)c3)CC2)c1. The molecule has 0 aliphatic carbocycles. The van der Waals surface area contributed by atoms with Gasteiger partial charge in [0.25, 0.3) is 5.91 Å². The first kappa shape index (κ1) is 18.9. The Kier molecular flexibility index (Phi) is 5.42. The minimum atomic E-state index is -0.350. The molecule has 6 heteroatoms. The molecule has 0 unspecified atom stereocenters. The molecule has 4 rings (SSSR count). The van der Waals surface area contributed by atoms with Crippen molar-refractivity contribution in [3.05, 3.63) is 83.9 Å². The van der Waals surface area contributed by atoms with Crippen molar-refractivity contribution >= 4 is 23.0 Å². The maximum atomic E-state index is 13.9. The van der Waals surface area contributed by atoms with E-state index in [9.17, 15) is 9.18 Å². The number of pyridine rings is 1. The first-order valence-electron chi connectivity index (χ1n) is 9.68. The number of carbonyl (C=O) groups is 1. The van der Waals surface area contributed by atoms with Gasteiger partial charge in [-0.3, -0.25) is 9.78 Å². The van der Waals surface area contributed by atoms with Crippen LogP contribution in [0.3, 0.4) is 0 Å². The molecule has 0 atom stereocenters. The lowest BCUT2D eigenvalue weighted by atomic mass is 10.1. The van der Waals surface area contributed by atoms with Gasteiger partial charge in [0.1, 0.15) is 5.82 Å². The highest BCUT2D eigenvalue weighted by Crippen LogP contribution is 2.21. The standard InChI is InChI=1S/C23H23FN4O/c1-17-5-4-6-20(13-17)27-9-11-28(12-10-27)23(29)18-14-19(16-25-15-18)26-22-8-3-2-7-21(22)24/h2-8,13-16,26H,9-12H2,1H3. The van der Waals surface area contributed by atoms with Crippen molar-refractivity contribution in [2.45, 2.75) is 6.92 Å². The summed E-state index contributed by atoms with van der Waals surface area (Å²) in [6, 6.07) is 16.5. The highest BCUT2D eigenvalue weighted by Gasteiger charge is 2.23. The molecule has 1 amide bonds. The summed E-state index contributed by atoms with van der Waals surface area (Å²) >= 11 is 0. The van der Waals surface area contributed by atoms with E-state index in [1.165, 1.54) is 17.3 Å². The minimum absolute atomic E-state index is 0.0569. The summed E-state index contributed by atoms with van der Waals surface area (Å²) in [4.78, 5) is 21.2. The zero-order valence-corrected chi connectivity index (χ0v) is 16.3. The molecule has 1 aromatic heterocycles. The molecule has 2 heterocycles. The number of benzene rings is 2. The molecule has 0 saturated carbocycles. The van der Waals surface area contributed by atoms with Gasteiger partial charge in [-0.2, -0.15) is 0 Å². The Morgan fingerprint density at radius 1 is 1.00 bits per heavy atom. The average Bonchev–Trinajstić information content (AvgIpc) is 2.75. The summed E-state index contributed by atoms with van der Waals surface area (Å²) < 4.78 is 13.9. The number of rotatable bonds is 4. The smallest absolute Gasteiger partial charge is 0.255 e. The van der Waals surface area contributed by atoms with E-state index in [-0.39, 0.29) is 11.7 Å². The molecule has 2 aromatic carbocycles. The van der Waals surface area contributed by atoms with E-state index in [1.54, 1.807) is 36.7 Å². The fraction of sp³-hybridized carbons (Fsp3) is 0.217. The van der Waals surface area contributed by atoms with Gasteiger partial charge in [-0.05, 0) is 42.8 Å². The number of aromatic nitrogens is 1. The normalized spacial score (nSPS) is 14.0. The second-order valence-corrected chi connectivity index (χ2v) is 7.19. The van der Waals surface area contributed by atoms with Crippen LogP contribution >= 0.6 is 0 Å². The molecule has 0 bridgehead atoms. The van der Waals surface area contributed by atoms with E-state index in [4.69, 9.17) is 0 Å². The van der Waals surface area contributed by atoms with Crippen LogP contribution in [-0.4, -0.2) is 42.0 Å². The van der Waals surface area contributed by atoms with Crippen molar-refractivity contribution in [3.63, 3.8) is 0 Å². The summed E-state index contributed by atoms with van der Waals surface area (Å²) in [5.41, 5.74) is 3.85. The van der Waals surface area contributed by atoms with Gasteiger partial charge in [-0.1, -0.05) is 24.3 Å². The molecule has 148 valence electrons. The Morgan fingerprint density at radius 2 is 1.79 bits per heavy atom. The van der Waals surface area contributed by atoms with E-state index in [0.29, 0.717) is 30.0 Å². The van der Waals surface area contributed by atoms with E-state index in [0.717, 1.165) is 13.1 Å². The highest BCUT2D eigenvalue weighted by molar-refractivity contribution is 5.95. The number of nitrogens with one attached hydrogen (secondary N) is 1. The molecule has 0 radical (unpaired) electrons. The van der Waals surface area contributed by atoms with Crippen LogP contribution in [-0.2, 0) is 0 Å². The monoisotopic (exact) mass is 390 g/mol. The molecule has 29 heavy (non-hydrogen) atoms. The van der Waals surface area contributed by atoms with Gasteiger partial charge in [0.2, 0.25) is 0 Å². The summed E-state index contributed by atoms with van der Waals surface area (Å²) in [5, 5.41) is 2.99. The topological polar surface area (TPSA) is 48.5 Å². The van der Waals surface area contributed by atoms with Gasteiger partial charge >= 0.3 is 0 Å². The van der Waals surface area contributed by atoms with Crippen molar-refractivity contribution in [1.29, 1.82) is 0 Å². The van der Waals surface area contributed by atoms with Crippen LogP contribution in [0.2, 0.25) is 0 Å². The van der Waals surface area contributed by atoms with Crippen LogP contribution in [0, 0.1) is 12.7 Å². The molecular weight excluding hydrogens is 367 g/mol. The van der Waals surface area contributed by atoms with Crippen molar-refractivity contribution in [2.75, 3.05) is 36.4 Å². The number of hydrogen-bond donors (Lipinski definition) is 1. The third-order valence-corrected chi connectivity index (χ3v) is 5.07. The van der Waals surface area contributed by atoms with Crippen molar-refractivity contribution < 1.29 is 9.18 Å². The number of hydrogen-bond acceptors (Lipinski definition) is 4. The molecular formula is C23H23FN4O. The van der Waals surface area contributed by atoms with Crippen LogP contribution in [0.25, 0.3) is 0 Å². The lowest BCUT2D eigenvalue weighted by molar-refractivity contribution is 0.0746. The predicted octanol–water partition coefficient (Wildman–Crippen LogP) is 4.24. The van der Waals surface area contributed by atoms with E-state index in [2.05, 4.69) is 46.4 Å². The van der Waals surface area contributed by atoms with Crippen LogP contribution in [0.4, 0.5) is 21.5 Å². The number of halogens is 1. The molecule has 1 N–H and O–H groups in total. The lowest BCUT2D eigenvalue weighted by Gasteiger charge is -2.36. The molecule has 3 aromatic rings. The van der Waals surface area contributed by atoms with Crippen LogP contribution in [0.15, 0.2) is 67.0 Å². The molecule has 1 aliphatic rings. The molecule has 5 nitrogen and oxygen atoms in total. The Labute approximate surface area is 169 Å². The largest absolute Gasteiger partial charge is 0.368 e. The second kappa shape index (κ2) is 8.31. The summed E-state index contributed by atoms with van der Waals surface area (Å²) in [6.45, 7) is 4.96. The first-order valence-corrected chi connectivity index (χ1v) is 9.68. The van der Waals surface area contributed by atoms with E-state index in [1.807, 2.05) is 4.90 Å². The van der Waals surface area contributed by atoms with Gasteiger partial charge in [0.05, 0.1) is 23.1 Å². The summed E-state index contributed by atoms with van der Waals surface area (Å²) in [7, 11) is 0. The van der Waals surface area contributed by atoms with Crippen molar-refractivity contribution in [1.82, 2.24) is 9.88 Å². The third-order valence-electron chi connectivity index (χ3n) is 5.07. The number of amides is 1. The summed E-state index contributed by atoms with van der Waals surface area (Å²) in [5.74, 6) is -0.407. The molecule has 1 fully saturated rings. The van der Waals surface area contributed by atoms with Gasteiger partial charge < -0.3 is 15.1 Å². The van der Waals surface area contributed by atoms with E-state index >= 15 is 0 Å². The third kappa shape index (κ3) is 4.37. The lowest BCUT2D eigenvalue weighted by Crippen LogP contribution is -2.48.